The summed E-state index contributed by atoms with van der Waals surface area (Å²) in [5.41, 5.74) is 8.30. The van der Waals surface area contributed by atoms with Gasteiger partial charge in [0.25, 0.3) is 0 Å². The van der Waals surface area contributed by atoms with Crippen molar-refractivity contribution < 1.29 is 4.79 Å². The molecule has 1 unspecified atom stereocenters. The highest BCUT2D eigenvalue weighted by molar-refractivity contribution is 9.10. The van der Waals surface area contributed by atoms with Crippen LogP contribution in [0.25, 0.3) is 0 Å². The number of fused-ring (bicyclic) bond motifs is 1. The molecule has 0 fully saturated rings. The van der Waals surface area contributed by atoms with Crippen molar-refractivity contribution in [2.45, 2.75) is 45.7 Å². The molecule has 0 aromatic heterocycles. The Morgan fingerprint density at radius 1 is 1.45 bits per heavy atom. The van der Waals surface area contributed by atoms with Gasteiger partial charge in [-0.25, -0.2) is 0 Å². The maximum Gasteiger partial charge on any atom is 0.237 e. The van der Waals surface area contributed by atoms with Gasteiger partial charge in [0.1, 0.15) is 0 Å². The summed E-state index contributed by atoms with van der Waals surface area (Å²) in [5, 5.41) is 3.08. The highest BCUT2D eigenvalue weighted by Gasteiger charge is 2.31. The lowest BCUT2D eigenvalue weighted by Crippen LogP contribution is -2.49. The zero-order valence-corrected chi connectivity index (χ0v) is 14.5. The minimum absolute atomic E-state index is 0. The number of nitrogens with one attached hydrogen (secondary N) is 1. The summed E-state index contributed by atoms with van der Waals surface area (Å²) >= 11 is 3.56. The molecule has 2 rings (SSSR count). The molecule has 0 aliphatic heterocycles. The van der Waals surface area contributed by atoms with Crippen molar-refractivity contribution in [1.29, 1.82) is 0 Å². The van der Waals surface area contributed by atoms with Gasteiger partial charge in [-0.1, -0.05) is 48.8 Å². The molecule has 0 saturated heterocycles. The smallest absolute Gasteiger partial charge is 0.237 e. The van der Waals surface area contributed by atoms with E-state index in [9.17, 15) is 4.79 Å². The molecule has 112 valence electrons. The minimum atomic E-state index is -0.483. The van der Waals surface area contributed by atoms with Gasteiger partial charge in [-0.3, -0.25) is 4.79 Å². The summed E-state index contributed by atoms with van der Waals surface area (Å²) in [6, 6.07) is 5.75. The molecule has 0 radical (unpaired) electrons. The molecule has 20 heavy (non-hydrogen) atoms. The van der Waals surface area contributed by atoms with E-state index in [1.54, 1.807) is 0 Å². The van der Waals surface area contributed by atoms with Gasteiger partial charge in [0, 0.05) is 4.47 Å². The van der Waals surface area contributed by atoms with E-state index in [2.05, 4.69) is 27.3 Å². The van der Waals surface area contributed by atoms with Crippen molar-refractivity contribution in [1.82, 2.24) is 5.32 Å². The average Bonchev–Trinajstić information content (AvgIpc) is 2.72. The summed E-state index contributed by atoms with van der Waals surface area (Å²) in [4.78, 5) is 12.2. The van der Waals surface area contributed by atoms with Gasteiger partial charge < -0.3 is 11.1 Å². The Labute approximate surface area is 135 Å². The standard InChI is InChI=1S/C15H21BrN2O.ClH/c1-15(2,3)13(17)14(19)18-12-8-7-9-10(12)5-4-6-11(9)16;/h4-6,12-13H,7-8,17H2,1-3H3,(H,18,19);1H/t12?,13-;/m1./s1. The lowest BCUT2D eigenvalue weighted by molar-refractivity contribution is -0.125. The topological polar surface area (TPSA) is 55.1 Å². The third-order valence-electron chi connectivity index (χ3n) is 3.75. The van der Waals surface area contributed by atoms with E-state index in [0.29, 0.717) is 0 Å². The molecule has 1 aromatic carbocycles. The van der Waals surface area contributed by atoms with Crippen molar-refractivity contribution in [2.75, 3.05) is 0 Å². The van der Waals surface area contributed by atoms with Gasteiger partial charge >= 0.3 is 0 Å². The second-order valence-corrected chi connectivity index (χ2v) is 7.11. The molecule has 0 spiro atoms. The Bertz CT molecular complexity index is 499. The van der Waals surface area contributed by atoms with Crippen LogP contribution >= 0.6 is 28.3 Å². The number of rotatable bonds is 2. The van der Waals surface area contributed by atoms with Crippen LogP contribution in [0, 0.1) is 5.41 Å². The fourth-order valence-corrected chi connectivity index (χ4v) is 2.99. The first kappa shape index (κ1) is 17.5. The highest BCUT2D eigenvalue weighted by Crippen LogP contribution is 2.35. The van der Waals surface area contributed by atoms with E-state index in [-0.39, 0.29) is 29.8 Å². The average molecular weight is 362 g/mol. The second-order valence-electron chi connectivity index (χ2n) is 6.25. The summed E-state index contributed by atoms with van der Waals surface area (Å²) in [6.07, 6.45) is 1.94. The zero-order valence-electron chi connectivity index (χ0n) is 12.1. The van der Waals surface area contributed by atoms with Gasteiger partial charge in [0.2, 0.25) is 5.91 Å². The van der Waals surface area contributed by atoms with E-state index in [4.69, 9.17) is 5.73 Å². The van der Waals surface area contributed by atoms with Crippen LogP contribution in [-0.4, -0.2) is 11.9 Å². The van der Waals surface area contributed by atoms with Crippen LogP contribution in [0.2, 0.25) is 0 Å². The molecule has 1 aromatic rings. The molecule has 5 heteroatoms. The van der Waals surface area contributed by atoms with Crippen molar-refractivity contribution in [3.63, 3.8) is 0 Å². The number of carbonyl (C=O) groups is 1. The molecular formula is C15H22BrClN2O. The number of benzene rings is 1. The van der Waals surface area contributed by atoms with Crippen molar-refractivity contribution in [2.24, 2.45) is 11.1 Å². The van der Waals surface area contributed by atoms with Crippen LogP contribution in [-0.2, 0) is 11.2 Å². The van der Waals surface area contributed by atoms with Crippen LogP contribution in [0.3, 0.4) is 0 Å². The van der Waals surface area contributed by atoms with Crippen LogP contribution in [0.1, 0.15) is 44.4 Å². The number of amides is 1. The predicted octanol–water partition coefficient (Wildman–Crippen LogP) is 3.35. The lowest BCUT2D eigenvalue weighted by atomic mass is 9.86. The van der Waals surface area contributed by atoms with E-state index < -0.39 is 6.04 Å². The third-order valence-corrected chi connectivity index (χ3v) is 4.49. The monoisotopic (exact) mass is 360 g/mol. The maximum atomic E-state index is 12.2. The Morgan fingerprint density at radius 2 is 2.10 bits per heavy atom. The van der Waals surface area contributed by atoms with E-state index in [1.165, 1.54) is 11.1 Å². The molecule has 1 amide bonds. The van der Waals surface area contributed by atoms with Crippen molar-refractivity contribution >= 4 is 34.2 Å². The normalized spacial score (nSPS) is 18.9. The Balaban J connectivity index is 0.00000200. The SMILES string of the molecule is CC(C)(C)[C@H](N)C(=O)NC1CCc2c(Br)cccc21.Cl. The molecule has 0 heterocycles. The minimum Gasteiger partial charge on any atom is -0.348 e. The summed E-state index contributed by atoms with van der Waals surface area (Å²) in [7, 11) is 0. The van der Waals surface area contributed by atoms with Crippen LogP contribution in [0.4, 0.5) is 0 Å². The van der Waals surface area contributed by atoms with Crippen molar-refractivity contribution in [3.8, 4) is 0 Å². The molecular weight excluding hydrogens is 340 g/mol. The molecule has 1 aliphatic rings. The quantitative estimate of drug-likeness (QED) is 0.848. The van der Waals surface area contributed by atoms with Gasteiger partial charge in [0.15, 0.2) is 0 Å². The molecule has 3 nitrogen and oxygen atoms in total. The molecule has 2 atom stereocenters. The number of halogens is 2. The number of carbonyl (C=O) groups excluding carboxylic acids is 1. The van der Waals surface area contributed by atoms with Crippen LogP contribution in [0.15, 0.2) is 22.7 Å². The largest absolute Gasteiger partial charge is 0.348 e. The van der Waals surface area contributed by atoms with Gasteiger partial charge in [-0.15, -0.1) is 12.4 Å². The van der Waals surface area contributed by atoms with Crippen LogP contribution < -0.4 is 11.1 Å². The highest BCUT2D eigenvalue weighted by atomic mass is 79.9. The first-order valence-corrected chi connectivity index (χ1v) is 7.43. The first-order chi connectivity index (χ1) is 8.80. The summed E-state index contributed by atoms with van der Waals surface area (Å²) < 4.78 is 1.13. The van der Waals surface area contributed by atoms with E-state index in [0.717, 1.165) is 17.3 Å². The number of nitrogens with two attached hydrogens (primary N) is 1. The van der Waals surface area contributed by atoms with Gasteiger partial charge in [-0.2, -0.15) is 0 Å². The first-order valence-electron chi connectivity index (χ1n) is 6.64. The second kappa shape index (κ2) is 6.46. The number of hydrogen-bond acceptors (Lipinski definition) is 2. The Kier molecular flexibility index (Phi) is 5.64. The van der Waals surface area contributed by atoms with Gasteiger partial charge in [0.05, 0.1) is 12.1 Å². The third kappa shape index (κ3) is 3.54. The van der Waals surface area contributed by atoms with Crippen molar-refractivity contribution in [3.05, 3.63) is 33.8 Å². The fraction of sp³-hybridized carbons (Fsp3) is 0.533. The zero-order chi connectivity index (χ0) is 14.2. The predicted molar refractivity (Wildman–Crippen MR) is 88.0 cm³/mol. The van der Waals surface area contributed by atoms with E-state index in [1.807, 2.05) is 32.9 Å². The van der Waals surface area contributed by atoms with Crippen LogP contribution in [0.5, 0.6) is 0 Å². The Hall–Kier alpha value is -0.580. The Morgan fingerprint density at radius 3 is 2.70 bits per heavy atom. The molecule has 0 bridgehead atoms. The number of hydrogen-bond donors (Lipinski definition) is 2. The maximum absolute atomic E-state index is 12.2. The lowest BCUT2D eigenvalue weighted by Gasteiger charge is -2.27. The fourth-order valence-electron chi connectivity index (χ4n) is 2.41. The molecule has 3 N–H and O–H groups in total. The van der Waals surface area contributed by atoms with Gasteiger partial charge in [-0.05, 0) is 35.4 Å². The van der Waals surface area contributed by atoms with E-state index >= 15 is 0 Å². The summed E-state index contributed by atoms with van der Waals surface area (Å²) in [6.45, 7) is 5.95. The summed E-state index contributed by atoms with van der Waals surface area (Å²) in [5.74, 6) is -0.0645. The molecule has 0 saturated carbocycles. The molecule has 1 aliphatic carbocycles.